The Morgan fingerprint density at radius 2 is 1.87 bits per heavy atom. The molecule has 202 valence electrons. The van der Waals surface area contributed by atoms with Crippen molar-refractivity contribution in [1.29, 1.82) is 0 Å². The van der Waals surface area contributed by atoms with Gasteiger partial charge in [0.25, 0.3) is 5.91 Å². The van der Waals surface area contributed by atoms with Crippen molar-refractivity contribution >= 4 is 34.2 Å². The molecule has 5 rings (SSSR count). The van der Waals surface area contributed by atoms with Gasteiger partial charge in [0.15, 0.2) is 0 Å². The van der Waals surface area contributed by atoms with E-state index in [1.807, 2.05) is 37.3 Å². The van der Waals surface area contributed by atoms with E-state index in [1.54, 1.807) is 25.2 Å². The van der Waals surface area contributed by atoms with Gasteiger partial charge in [0.05, 0.1) is 28.8 Å². The van der Waals surface area contributed by atoms with E-state index in [0.717, 1.165) is 29.5 Å². The summed E-state index contributed by atoms with van der Waals surface area (Å²) in [6.07, 6.45) is 2.20. The molecule has 2 heterocycles. The largest absolute Gasteiger partial charge is 0.478 e. The lowest BCUT2D eigenvalue weighted by Gasteiger charge is -2.19. The first kappa shape index (κ1) is 26.7. The lowest BCUT2D eigenvalue weighted by Crippen LogP contribution is -2.29. The number of hydrogen-bond donors (Lipinski definition) is 3. The third kappa shape index (κ3) is 5.63. The van der Waals surface area contributed by atoms with Crippen LogP contribution in [0.2, 0.25) is 0 Å². The molecule has 2 aromatic heterocycles. The summed E-state index contributed by atoms with van der Waals surface area (Å²) in [6.45, 7) is 2.19. The quantitative estimate of drug-likeness (QED) is 0.240. The highest BCUT2D eigenvalue weighted by Gasteiger charge is 2.31. The first-order chi connectivity index (χ1) is 18.8. The lowest BCUT2D eigenvalue weighted by atomic mass is 10.0. The van der Waals surface area contributed by atoms with Crippen LogP contribution in [0.25, 0.3) is 22.4 Å². The van der Waals surface area contributed by atoms with Gasteiger partial charge in [-0.05, 0) is 55.4 Å². The number of aryl methyl sites for hydroxylation is 1. The molecule has 0 aliphatic heterocycles. The second-order valence-corrected chi connectivity index (χ2v) is 10.7. The van der Waals surface area contributed by atoms with Crippen LogP contribution in [0.3, 0.4) is 0 Å². The van der Waals surface area contributed by atoms with Crippen LogP contribution in [0, 0.1) is 6.92 Å². The maximum Gasteiger partial charge on any atom is 0.335 e. The van der Waals surface area contributed by atoms with Gasteiger partial charge in [-0.2, -0.15) is 4.31 Å². The summed E-state index contributed by atoms with van der Waals surface area (Å²) in [5.74, 6) is -0.659. The molecule has 3 N–H and O–H groups in total. The fourth-order valence-corrected chi connectivity index (χ4v) is 5.26. The zero-order valence-electron chi connectivity index (χ0n) is 21.6. The van der Waals surface area contributed by atoms with E-state index in [9.17, 15) is 23.5 Å². The second kappa shape index (κ2) is 11.1. The Balaban J connectivity index is 1.53. The molecule has 9 nitrogen and oxygen atoms in total. The molecule has 1 fully saturated rings. The Bertz CT molecular complexity index is 1580. The highest BCUT2D eigenvalue weighted by atomic mass is 32.2. The van der Waals surface area contributed by atoms with Crippen LogP contribution in [-0.2, 0) is 24.2 Å². The minimum absolute atomic E-state index is 0.0655. The number of carboxylic acid groups (broad SMARTS) is 1. The summed E-state index contributed by atoms with van der Waals surface area (Å²) in [5, 5.41) is 12.8. The van der Waals surface area contributed by atoms with Crippen LogP contribution < -0.4 is 5.32 Å². The van der Waals surface area contributed by atoms with Crippen molar-refractivity contribution in [1.82, 2.24) is 14.6 Å². The van der Waals surface area contributed by atoms with Gasteiger partial charge < -0.3 is 14.8 Å². The molecule has 1 unspecified atom stereocenters. The summed E-state index contributed by atoms with van der Waals surface area (Å²) in [7, 11) is 1.57. The third-order valence-corrected chi connectivity index (χ3v) is 7.76. The molecule has 0 bridgehead atoms. The van der Waals surface area contributed by atoms with Gasteiger partial charge in [0.1, 0.15) is 5.76 Å². The SMILES string of the molecule is CNC(=O)c1c(-c2ccc(C)cc2)oc2nc(CN(CCc3ccccc3C(=O)O)S(=O)O)c(C3CC3)cc12. The fourth-order valence-electron chi connectivity index (χ4n) is 4.78. The maximum atomic E-state index is 13.0. The molecule has 0 spiro atoms. The van der Waals surface area contributed by atoms with E-state index in [4.69, 9.17) is 9.40 Å². The molecule has 4 aromatic rings. The number of rotatable bonds is 10. The fraction of sp³-hybridized carbons (Fsp3) is 0.276. The van der Waals surface area contributed by atoms with E-state index in [0.29, 0.717) is 28.0 Å². The standard InChI is InChI=1S/C29H29N3O6S/c1-17-7-9-20(10-8-17)26-25(27(33)30-2)23-15-22(19-11-12-19)24(31-28(23)38-26)16-32(39(36)37)14-13-18-5-3-4-6-21(18)29(34)35/h3-10,15,19H,11-14,16H2,1-2H3,(H,30,33)(H,34,35)(H,36,37). The predicted molar refractivity (Wildman–Crippen MR) is 148 cm³/mol. The first-order valence-electron chi connectivity index (χ1n) is 12.7. The van der Waals surface area contributed by atoms with Gasteiger partial charge >= 0.3 is 5.97 Å². The number of nitrogens with zero attached hydrogens (tertiary/aromatic N) is 2. The van der Waals surface area contributed by atoms with Crippen LogP contribution in [0.5, 0.6) is 0 Å². The van der Waals surface area contributed by atoms with E-state index in [2.05, 4.69) is 5.32 Å². The van der Waals surface area contributed by atoms with Crippen LogP contribution in [0.4, 0.5) is 0 Å². The van der Waals surface area contributed by atoms with Crippen molar-refractivity contribution in [3.05, 3.63) is 88.1 Å². The van der Waals surface area contributed by atoms with Gasteiger partial charge in [0.2, 0.25) is 17.0 Å². The van der Waals surface area contributed by atoms with Gasteiger partial charge in [-0.1, -0.05) is 48.0 Å². The first-order valence-corrected chi connectivity index (χ1v) is 13.8. The van der Waals surface area contributed by atoms with Crippen LogP contribution in [0.15, 0.2) is 59.0 Å². The number of amides is 1. The molecule has 0 radical (unpaired) electrons. The predicted octanol–water partition coefficient (Wildman–Crippen LogP) is 4.92. The van der Waals surface area contributed by atoms with E-state index < -0.39 is 17.2 Å². The summed E-state index contributed by atoms with van der Waals surface area (Å²) in [6, 6.07) is 16.2. The monoisotopic (exact) mass is 547 g/mol. The van der Waals surface area contributed by atoms with Crippen molar-refractivity contribution in [2.45, 2.75) is 38.6 Å². The molecule has 10 heteroatoms. The van der Waals surface area contributed by atoms with E-state index >= 15 is 0 Å². The number of aromatic carboxylic acids is 1. The van der Waals surface area contributed by atoms with Crippen LogP contribution in [0.1, 0.15) is 61.9 Å². The number of furan rings is 1. The van der Waals surface area contributed by atoms with Gasteiger partial charge in [-0.15, -0.1) is 0 Å². The summed E-state index contributed by atoms with van der Waals surface area (Å²) in [4.78, 5) is 29.3. The average molecular weight is 548 g/mol. The number of fused-ring (bicyclic) bond motifs is 1. The number of carbonyl (C=O) groups excluding carboxylic acids is 1. The molecule has 1 atom stereocenters. The van der Waals surface area contributed by atoms with Crippen molar-refractivity contribution in [2.24, 2.45) is 0 Å². The van der Waals surface area contributed by atoms with Crippen molar-refractivity contribution in [3.63, 3.8) is 0 Å². The Morgan fingerprint density at radius 1 is 1.15 bits per heavy atom. The number of carbonyl (C=O) groups is 2. The smallest absolute Gasteiger partial charge is 0.335 e. The molecule has 39 heavy (non-hydrogen) atoms. The van der Waals surface area contributed by atoms with Crippen LogP contribution >= 0.6 is 0 Å². The molecule has 1 saturated carbocycles. The van der Waals surface area contributed by atoms with Crippen molar-refractivity contribution in [3.8, 4) is 11.3 Å². The minimum atomic E-state index is -2.32. The lowest BCUT2D eigenvalue weighted by molar-refractivity contribution is 0.0695. The number of benzene rings is 2. The zero-order valence-corrected chi connectivity index (χ0v) is 22.5. The highest BCUT2D eigenvalue weighted by Crippen LogP contribution is 2.44. The summed E-state index contributed by atoms with van der Waals surface area (Å²) in [5.41, 5.74) is 4.79. The number of aromatic nitrogens is 1. The normalized spacial score (nSPS) is 14.1. The van der Waals surface area contributed by atoms with E-state index in [-0.39, 0.29) is 42.6 Å². The Morgan fingerprint density at radius 3 is 2.51 bits per heavy atom. The Hall–Kier alpha value is -3.86. The molecule has 0 saturated heterocycles. The summed E-state index contributed by atoms with van der Waals surface area (Å²) >= 11 is -2.32. The van der Waals surface area contributed by atoms with E-state index in [1.165, 1.54) is 10.4 Å². The average Bonchev–Trinajstić information content (AvgIpc) is 3.71. The molecule has 1 amide bonds. The number of nitrogens with one attached hydrogen (secondary N) is 1. The number of carboxylic acids is 1. The summed E-state index contributed by atoms with van der Waals surface area (Å²) < 4.78 is 29.9. The molecular weight excluding hydrogens is 518 g/mol. The zero-order chi connectivity index (χ0) is 27.7. The number of hydrogen-bond acceptors (Lipinski definition) is 5. The number of pyridine rings is 1. The van der Waals surface area contributed by atoms with Gasteiger partial charge in [0, 0.05) is 19.2 Å². The van der Waals surface area contributed by atoms with Crippen molar-refractivity contribution in [2.75, 3.05) is 13.6 Å². The second-order valence-electron chi connectivity index (χ2n) is 9.71. The van der Waals surface area contributed by atoms with Crippen LogP contribution in [-0.4, -0.2) is 48.6 Å². The molecule has 1 aliphatic carbocycles. The molecule has 1 aliphatic rings. The Labute approximate surface area is 228 Å². The Kier molecular flexibility index (Phi) is 7.60. The minimum Gasteiger partial charge on any atom is -0.478 e. The highest BCUT2D eigenvalue weighted by molar-refractivity contribution is 7.76. The van der Waals surface area contributed by atoms with Gasteiger partial charge in [-0.25, -0.2) is 14.0 Å². The van der Waals surface area contributed by atoms with Crippen molar-refractivity contribution < 1.29 is 27.9 Å². The maximum absolute atomic E-state index is 13.0. The topological polar surface area (TPSA) is 133 Å². The molecular formula is C29H29N3O6S. The third-order valence-electron chi connectivity index (χ3n) is 7.01. The van der Waals surface area contributed by atoms with Gasteiger partial charge in [-0.3, -0.25) is 9.35 Å². The molecule has 2 aromatic carbocycles.